The van der Waals surface area contributed by atoms with Crippen LogP contribution in [0.3, 0.4) is 0 Å². The zero-order valence-corrected chi connectivity index (χ0v) is 15.4. The van der Waals surface area contributed by atoms with Gasteiger partial charge in [0.15, 0.2) is 0 Å². The molecule has 1 aliphatic heterocycles. The fraction of sp³-hybridized carbons (Fsp3) is 0.619. The number of nitrogens with zero attached hydrogens (tertiary/aromatic N) is 1. The summed E-state index contributed by atoms with van der Waals surface area (Å²) in [6.45, 7) is 4.16. The number of hydrogen-bond donors (Lipinski definition) is 0. The molecule has 130 valence electrons. The molecule has 1 saturated carbocycles. The maximum absolute atomic E-state index is 5.56. The van der Waals surface area contributed by atoms with Gasteiger partial charge < -0.3 is 4.74 Å². The molecule has 0 bridgehead atoms. The summed E-state index contributed by atoms with van der Waals surface area (Å²) >= 11 is 1.86. The van der Waals surface area contributed by atoms with Gasteiger partial charge in [-0.05, 0) is 66.5 Å². The Bertz CT molecular complexity index is 646. The van der Waals surface area contributed by atoms with Gasteiger partial charge >= 0.3 is 0 Å². The Balaban J connectivity index is 1.36. The van der Waals surface area contributed by atoms with E-state index in [4.69, 9.17) is 4.74 Å². The molecule has 1 aromatic heterocycles. The highest BCUT2D eigenvalue weighted by Gasteiger charge is 2.30. The Hall–Kier alpha value is -0.900. The van der Waals surface area contributed by atoms with Crippen LogP contribution in [-0.4, -0.2) is 37.2 Å². The number of thiophene rings is 1. The minimum Gasteiger partial charge on any atom is -0.379 e. The summed E-state index contributed by atoms with van der Waals surface area (Å²) in [7, 11) is 0. The van der Waals surface area contributed by atoms with Gasteiger partial charge in [0.2, 0.25) is 0 Å². The van der Waals surface area contributed by atoms with E-state index in [-0.39, 0.29) is 0 Å². The number of rotatable bonds is 5. The second-order valence-corrected chi connectivity index (χ2v) is 8.35. The molecule has 24 heavy (non-hydrogen) atoms. The van der Waals surface area contributed by atoms with Crippen molar-refractivity contribution in [3.8, 4) is 0 Å². The second kappa shape index (κ2) is 7.99. The Morgan fingerprint density at radius 3 is 2.88 bits per heavy atom. The van der Waals surface area contributed by atoms with Crippen molar-refractivity contribution in [1.82, 2.24) is 4.90 Å². The first-order chi connectivity index (χ1) is 11.9. The van der Waals surface area contributed by atoms with Gasteiger partial charge in [-0.25, -0.2) is 0 Å². The predicted molar refractivity (Wildman–Crippen MR) is 103 cm³/mol. The van der Waals surface area contributed by atoms with Crippen LogP contribution in [0.15, 0.2) is 29.6 Å². The SMILES string of the molecule is c1cc(CCC[C@H]2CCCCC2N2CCOCC2)c2ccsc2c1. The highest BCUT2D eigenvalue weighted by molar-refractivity contribution is 7.17. The molecule has 2 atom stereocenters. The lowest BCUT2D eigenvalue weighted by molar-refractivity contribution is -0.00880. The Morgan fingerprint density at radius 1 is 1.08 bits per heavy atom. The van der Waals surface area contributed by atoms with Crippen molar-refractivity contribution in [3.05, 3.63) is 35.2 Å². The molecule has 1 unspecified atom stereocenters. The van der Waals surface area contributed by atoms with Crippen LogP contribution in [0.2, 0.25) is 0 Å². The van der Waals surface area contributed by atoms with Gasteiger partial charge in [0, 0.05) is 23.8 Å². The summed E-state index contributed by atoms with van der Waals surface area (Å²) in [5, 5.41) is 3.71. The molecule has 0 N–H and O–H groups in total. The number of morpholine rings is 1. The van der Waals surface area contributed by atoms with Crippen LogP contribution >= 0.6 is 11.3 Å². The molecule has 2 heterocycles. The van der Waals surface area contributed by atoms with E-state index in [0.717, 1.165) is 38.3 Å². The highest BCUT2D eigenvalue weighted by atomic mass is 32.1. The van der Waals surface area contributed by atoms with E-state index in [1.54, 1.807) is 5.56 Å². The van der Waals surface area contributed by atoms with Crippen LogP contribution in [-0.2, 0) is 11.2 Å². The molecule has 2 fully saturated rings. The van der Waals surface area contributed by atoms with Crippen molar-refractivity contribution in [2.75, 3.05) is 26.3 Å². The summed E-state index contributed by atoms with van der Waals surface area (Å²) in [4.78, 5) is 2.73. The van der Waals surface area contributed by atoms with Crippen molar-refractivity contribution in [1.29, 1.82) is 0 Å². The van der Waals surface area contributed by atoms with E-state index in [1.165, 1.54) is 55.0 Å². The Kier molecular flexibility index (Phi) is 5.51. The third-order valence-corrected chi connectivity index (χ3v) is 6.87. The lowest BCUT2D eigenvalue weighted by Gasteiger charge is -2.42. The van der Waals surface area contributed by atoms with Crippen molar-refractivity contribution >= 4 is 21.4 Å². The molecule has 1 aromatic carbocycles. The number of benzene rings is 1. The molecular weight excluding hydrogens is 314 g/mol. The maximum atomic E-state index is 5.56. The molecule has 0 spiro atoms. The van der Waals surface area contributed by atoms with E-state index in [2.05, 4.69) is 34.5 Å². The average molecular weight is 344 g/mol. The van der Waals surface area contributed by atoms with E-state index in [9.17, 15) is 0 Å². The predicted octanol–water partition coefficient (Wildman–Crippen LogP) is 5.12. The summed E-state index contributed by atoms with van der Waals surface area (Å²) < 4.78 is 7.00. The standard InChI is InChI=1S/C21H29NOS/c1-2-9-20(22-12-14-23-15-13-22)18(5-1)8-3-6-17-7-4-10-21-19(17)11-16-24-21/h4,7,10-11,16,18,20H,1-3,5-6,8-9,12-15H2/t18-,20?/m1/s1. The van der Waals surface area contributed by atoms with Gasteiger partial charge in [-0.15, -0.1) is 11.3 Å². The largest absolute Gasteiger partial charge is 0.379 e. The third kappa shape index (κ3) is 3.68. The van der Waals surface area contributed by atoms with Crippen molar-refractivity contribution < 1.29 is 4.74 Å². The lowest BCUT2D eigenvalue weighted by Crippen LogP contribution is -2.48. The minimum absolute atomic E-state index is 0.819. The van der Waals surface area contributed by atoms with Crippen molar-refractivity contribution in [2.45, 2.75) is 51.0 Å². The highest BCUT2D eigenvalue weighted by Crippen LogP contribution is 2.33. The fourth-order valence-corrected chi connectivity index (χ4v) is 5.58. The molecule has 4 rings (SSSR count). The first kappa shape index (κ1) is 16.6. The molecule has 3 heteroatoms. The summed E-state index contributed by atoms with van der Waals surface area (Å²) in [5.41, 5.74) is 1.55. The molecule has 0 radical (unpaired) electrons. The summed E-state index contributed by atoms with van der Waals surface area (Å²) in [6, 6.07) is 9.92. The van der Waals surface area contributed by atoms with Gasteiger partial charge in [0.25, 0.3) is 0 Å². The van der Waals surface area contributed by atoms with Gasteiger partial charge in [0.1, 0.15) is 0 Å². The number of ether oxygens (including phenoxy) is 1. The fourth-order valence-electron chi connectivity index (χ4n) is 4.74. The van der Waals surface area contributed by atoms with Crippen LogP contribution in [0.5, 0.6) is 0 Å². The maximum Gasteiger partial charge on any atom is 0.0594 e. The van der Waals surface area contributed by atoms with Gasteiger partial charge in [0.05, 0.1) is 13.2 Å². The Morgan fingerprint density at radius 2 is 1.96 bits per heavy atom. The molecule has 0 amide bonds. The van der Waals surface area contributed by atoms with Crippen LogP contribution in [0.4, 0.5) is 0 Å². The van der Waals surface area contributed by atoms with Gasteiger partial charge in [-0.1, -0.05) is 25.0 Å². The first-order valence-corrected chi connectivity index (χ1v) is 10.6. The quantitative estimate of drug-likeness (QED) is 0.747. The van der Waals surface area contributed by atoms with Crippen LogP contribution < -0.4 is 0 Å². The zero-order chi connectivity index (χ0) is 16.2. The molecule has 1 saturated heterocycles. The molecule has 2 nitrogen and oxygen atoms in total. The number of aryl methyl sites for hydroxylation is 1. The third-order valence-electron chi connectivity index (χ3n) is 5.99. The number of hydrogen-bond acceptors (Lipinski definition) is 3. The van der Waals surface area contributed by atoms with Gasteiger partial charge in [-0.2, -0.15) is 0 Å². The zero-order valence-electron chi connectivity index (χ0n) is 14.6. The van der Waals surface area contributed by atoms with E-state index in [1.807, 2.05) is 11.3 Å². The normalized spacial score (nSPS) is 26.0. The van der Waals surface area contributed by atoms with Crippen LogP contribution in [0.25, 0.3) is 10.1 Å². The van der Waals surface area contributed by atoms with E-state index in [0.29, 0.717) is 0 Å². The van der Waals surface area contributed by atoms with Crippen molar-refractivity contribution in [2.24, 2.45) is 5.92 Å². The molecule has 1 aliphatic carbocycles. The summed E-state index contributed by atoms with van der Waals surface area (Å²) in [5.74, 6) is 0.901. The minimum atomic E-state index is 0.819. The van der Waals surface area contributed by atoms with E-state index >= 15 is 0 Å². The van der Waals surface area contributed by atoms with Crippen molar-refractivity contribution in [3.63, 3.8) is 0 Å². The Labute approximate surface area is 149 Å². The lowest BCUT2D eigenvalue weighted by atomic mass is 9.80. The summed E-state index contributed by atoms with van der Waals surface area (Å²) in [6.07, 6.45) is 9.66. The molecular formula is C21H29NOS. The monoisotopic (exact) mass is 343 g/mol. The first-order valence-electron chi connectivity index (χ1n) is 9.69. The second-order valence-electron chi connectivity index (χ2n) is 7.40. The van der Waals surface area contributed by atoms with E-state index < -0.39 is 0 Å². The van der Waals surface area contributed by atoms with Crippen LogP contribution in [0, 0.1) is 5.92 Å². The van der Waals surface area contributed by atoms with Gasteiger partial charge in [-0.3, -0.25) is 4.90 Å². The average Bonchev–Trinajstić information content (AvgIpc) is 3.12. The number of fused-ring (bicyclic) bond motifs is 1. The topological polar surface area (TPSA) is 12.5 Å². The molecule has 2 aromatic rings. The smallest absolute Gasteiger partial charge is 0.0594 e. The molecule has 2 aliphatic rings. The van der Waals surface area contributed by atoms with Crippen LogP contribution in [0.1, 0.15) is 44.1 Å².